The van der Waals surface area contributed by atoms with Crippen LogP contribution in [0.5, 0.6) is 0 Å². The van der Waals surface area contributed by atoms with Crippen LogP contribution < -0.4 is 5.32 Å². The first kappa shape index (κ1) is 16.7. The summed E-state index contributed by atoms with van der Waals surface area (Å²) in [5, 5.41) is 20.5. The molecule has 0 spiro atoms. The molecule has 0 saturated carbocycles. The SMILES string of the molecule is Cn1cc(C(=O)O)c(C(=O)Nc2ccn(Cc3ccc(Cl)cc3)n2)n1. The van der Waals surface area contributed by atoms with E-state index in [1.165, 1.54) is 10.9 Å². The van der Waals surface area contributed by atoms with Crippen molar-refractivity contribution in [3.63, 3.8) is 0 Å². The number of aromatic carboxylic acids is 1. The predicted octanol–water partition coefficient (Wildman–Crippen LogP) is 2.27. The number of carbonyl (C=O) groups is 2. The zero-order chi connectivity index (χ0) is 18.0. The van der Waals surface area contributed by atoms with Crippen molar-refractivity contribution in [2.45, 2.75) is 6.54 Å². The number of nitrogens with one attached hydrogen (secondary N) is 1. The lowest BCUT2D eigenvalue weighted by atomic mass is 10.2. The molecule has 0 saturated heterocycles. The molecule has 2 N–H and O–H groups in total. The number of nitrogens with zero attached hydrogens (tertiary/aromatic N) is 4. The highest BCUT2D eigenvalue weighted by Crippen LogP contribution is 2.13. The molecule has 1 aromatic carbocycles. The Bertz CT molecular complexity index is 930. The average molecular weight is 360 g/mol. The molecule has 2 aromatic heterocycles. The highest BCUT2D eigenvalue weighted by molar-refractivity contribution is 6.30. The fourth-order valence-corrected chi connectivity index (χ4v) is 2.41. The minimum atomic E-state index is -1.22. The monoisotopic (exact) mass is 359 g/mol. The van der Waals surface area contributed by atoms with Gasteiger partial charge in [0.15, 0.2) is 11.5 Å². The second-order valence-electron chi connectivity index (χ2n) is 5.35. The smallest absolute Gasteiger partial charge is 0.339 e. The Morgan fingerprint density at radius 3 is 2.60 bits per heavy atom. The van der Waals surface area contributed by atoms with Gasteiger partial charge in [-0.25, -0.2) is 4.79 Å². The van der Waals surface area contributed by atoms with E-state index in [9.17, 15) is 9.59 Å². The number of aromatic nitrogens is 4. The van der Waals surface area contributed by atoms with Gasteiger partial charge in [-0.05, 0) is 17.7 Å². The first-order chi connectivity index (χ1) is 11.9. The van der Waals surface area contributed by atoms with Crippen molar-refractivity contribution in [2.24, 2.45) is 7.05 Å². The summed E-state index contributed by atoms with van der Waals surface area (Å²) in [5.74, 6) is -1.54. The molecule has 0 aliphatic rings. The minimum Gasteiger partial charge on any atom is -0.478 e. The van der Waals surface area contributed by atoms with E-state index in [0.717, 1.165) is 5.56 Å². The van der Waals surface area contributed by atoms with Crippen molar-refractivity contribution in [2.75, 3.05) is 5.32 Å². The zero-order valence-electron chi connectivity index (χ0n) is 13.2. The van der Waals surface area contributed by atoms with Crippen LogP contribution in [-0.4, -0.2) is 36.5 Å². The molecule has 0 aliphatic carbocycles. The Morgan fingerprint density at radius 1 is 1.20 bits per heavy atom. The van der Waals surface area contributed by atoms with Crippen molar-refractivity contribution in [3.05, 3.63) is 64.6 Å². The first-order valence-corrected chi connectivity index (χ1v) is 7.66. The molecule has 3 aromatic rings. The van der Waals surface area contributed by atoms with Crippen LogP contribution in [0.2, 0.25) is 5.02 Å². The zero-order valence-corrected chi connectivity index (χ0v) is 13.9. The first-order valence-electron chi connectivity index (χ1n) is 7.28. The van der Waals surface area contributed by atoms with Crippen LogP contribution in [-0.2, 0) is 13.6 Å². The number of carbonyl (C=O) groups excluding carboxylic acids is 1. The van der Waals surface area contributed by atoms with Crippen molar-refractivity contribution in [1.29, 1.82) is 0 Å². The summed E-state index contributed by atoms with van der Waals surface area (Å²) in [4.78, 5) is 23.4. The summed E-state index contributed by atoms with van der Waals surface area (Å²) < 4.78 is 2.92. The molecular weight excluding hydrogens is 346 g/mol. The van der Waals surface area contributed by atoms with Gasteiger partial charge in [-0.3, -0.25) is 14.2 Å². The Kier molecular flexibility index (Phi) is 4.53. The quantitative estimate of drug-likeness (QED) is 0.727. The molecule has 0 atom stereocenters. The van der Waals surface area contributed by atoms with E-state index in [1.54, 1.807) is 36.1 Å². The topological polar surface area (TPSA) is 102 Å². The van der Waals surface area contributed by atoms with Gasteiger partial charge in [0.2, 0.25) is 0 Å². The Labute approximate surface area is 147 Å². The van der Waals surface area contributed by atoms with Gasteiger partial charge < -0.3 is 10.4 Å². The lowest BCUT2D eigenvalue weighted by Crippen LogP contribution is -2.17. The molecule has 128 valence electrons. The summed E-state index contributed by atoms with van der Waals surface area (Å²) in [6.07, 6.45) is 2.98. The van der Waals surface area contributed by atoms with E-state index in [-0.39, 0.29) is 11.3 Å². The number of halogens is 1. The third-order valence-corrected chi connectivity index (χ3v) is 3.67. The number of benzene rings is 1. The number of carboxylic acid groups (broad SMARTS) is 1. The molecule has 3 rings (SSSR count). The average Bonchev–Trinajstić information content (AvgIpc) is 3.16. The van der Waals surface area contributed by atoms with Crippen molar-refractivity contribution in [3.8, 4) is 0 Å². The summed E-state index contributed by atoms with van der Waals surface area (Å²) in [7, 11) is 1.55. The predicted molar refractivity (Wildman–Crippen MR) is 90.9 cm³/mol. The largest absolute Gasteiger partial charge is 0.478 e. The molecule has 0 aliphatic heterocycles. The summed E-state index contributed by atoms with van der Waals surface area (Å²) in [6.45, 7) is 0.511. The van der Waals surface area contributed by atoms with E-state index in [1.807, 2.05) is 12.1 Å². The maximum atomic E-state index is 12.2. The van der Waals surface area contributed by atoms with Gasteiger partial charge in [-0.15, -0.1) is 0 Å². The third kappa shape index (κ3) is 3.86. The summed E-state index contributed by atoms with van der Waals surface area (Å²) >= 11 is 5.85. The molecule has 2 heterocycles. The van der Waals surface area contributed by atoms with Crippen LogP contribution in [0.25, 0.3) is 0 Å². The normalized spacial score (nSPS) is 10.6. The van der Waals surface area contributed by atoms with E-state index >= 15 is 0 Å². The third-order valence-electron chi connectivity index (χ3n) is 3.41. The van der Waals surface area contributed by atoms with Crippen LogP contribution >= 0.6 is 11.6 Å². The lowest BCUT2D eigenvalue weighted by molar-refractivity contribution is 0.0692. The molecule has 0 bridgehead atoms. The maximum absolute atomic E-state index is 12.2. The molecule has 8 nitrogen and oxygen atoms in total. The van der Waals surface area contributed by atoms with Crippen molar-refractivity contribution in [1.82, 2.24) is 19.6 Å². The highest BCUT2D eigenvalue weighted by atomic mass is 35.5. The summed E-state index contributed by atoms with van der Waals surface area (Å²) in [5.41, 5.74) is 0.672. The fraction of sp³-hybridized carbons (Fsp3) is 0.125. The molecule has 0 fully saturated rings. The number of aryl methyl sites for hydroxylation is 1. The van der Waals surface area contributed by atoms with Crippen molar-refractivity contribution < 1.29 is 14.7 Å². The number of rotatable bonds is 5. The Morgan fingerprint density at radius 2 is 1.92 bits per heavy atom. The fourth-order valence-electron chi connectivity index (χ4n) is 2.28. The van der Waals surface area contributed by atoms with E-state index in [2.05, 4.69) is 15.5 Å². The highest BCUT2D eigenvalue weighted by Gasteiger charge is 2.21. The molecule has 25 heavy (non-hydrogen) atoms. The van der Waals surface area contributed by atoms with Gasteiger partial charge >= 0.3 is 5.97 Å². The Balaban J connectivity index is 1.72. The maximum Gasteiger partial charge on any atom is 0.339 e. The van der Waals surface area contributed by atoms with Crippen LogP contribution in [0.15, 0.2) is 42.7 Å². The number of hydrogen-bond acceptors (Lipinski definition) is 4. The van der Waals surface area contributed by atoms with E-state index in [0.29, 0.717) is 17.4 Å². The second-order valence-corrected chi connectivity index (χ2v) is 5.79. The number of hydrogen-bond donors (Lipinski definition) is 2. The second kappa shape index (κ2) is 6.78. The molecule has 1 amide bonds. The van der Waals surface area contributed by atoms with Crippen LogP contribution in [0, 0.1) is 0 Å². The van der Waals surface area contributed by atoms with Crippen LogP contribution in [0.1, 0.15) is 26.4 Å². The van der Waals surface area contributed by atoms with Gasteiger partial charge in [-0.2, -0.15) is 10.2 Å². The molecule has 9 heteroatoms. The molecule has 0 unspecified atom stereocenters. The lowest BCUT2D eigenvalue weighted by Gasteiger charge is -2.03. The number of carboxylic acids is 1. The van der Waals surface area contributed by atoms with Crippen molar-refractivity contribution >= 4 is 29.3 Å². The molecule has 0 radical (unpaired) electrons. The van der Waals surface area contributed by atoms with E-state index in [4.69, 9.17) is 16.7 Å². The minimum absolute atomic E-state index is 0.165. The van der Waals surface area contributed by atoms with Gasteiger partial charge in [0.1, 0.15) is 5.56 Å². The standard InChI is InChI=1S/C16H14ClN5O3/c1-21-9-12(16(24)25)14(20-21)15(23)18-13-6-7-22(19-13)8-10-2-4-11(17)5-3-10/h2-7,9H,8H2,1H3,(H,24,25)(H,18,19,23). The van der Waals surface area contributed by atoms with Gasteiger partial charge in [0.25, 0.3) is 5.91 Å². The summed E-state index contributed by atoms with van der Waals surface area (Å²) in [6, 6.07) is 8.97. The Hall–Kier alpha value is -3.13. The van der Waals surface area contributed by atoms with Gasteiger partial charge in [0.05, 0.1) is 6.54 Å². The van der Waals surface area contributed by atoms with Crippen LogP contribution in [0.4, 0.5) is 5.82 Å². The van der Waals surface area contributed by atoms with Gasteiger partial charge in [0, 0.05) is 30.5 Å². The molecular formula is C16H14ClN5O3. The van der Waals surface area contributed by atoms with Crippen LogP contribution in [0.3, 0.4) is 0 Å². The number of amides is 1. The van der Waals surface area contributed by atoms with E-state index < -0.39 is 11.9 Å². The number of anilines is 1. The van der Waals surface area contributed by atoms with Gasteiger partial charge in [-0.1, -0.05) is 23.7 Å².